The average molecular weight is 493 g/mol. The third-order valence-electron chi connectivity index (χ3n) is 4.91. The first-order valence-electron chi connectivity index (χ1n) is 10.3. The van der Waals surface area contributed by atoms with Gasteiger partial charge in [-0.3, -0.25) is 9.78 Å². The van der Waals surface area contributed by atoms with Crippen LogP contribution in [0.1, 0.15) is 35.6 Å². The second kappa shape index (κ2) is 11.0. The van der Waals surface area contributed by atoms with Gasteiger partial charge >= 0.3 is 0 Å². The molecule has 0 saturated heterocycles. The van der Waals surface area contributed by atoms with Crippen molar-refractivity contribution in [3.63, 3.8) is 0 Å². The first-order chi connectivity index (χ1) is 15.4. The lowest BCUT2D eigenvalue weighted by molar-refractivity contribution is 0.0953. The minimum Gasteiger partial charge on any atom is -0.352 e. The van der Waals surface area contributed by atoms with E-state index in [0.717, 1.165) is 22.7 Å². The molecule has 0 bridgehead atoms. The highest BCUT2D eigenvalue weighted by molar-refractivity contribution is 7.89. The van der Waals surface area contributed by atoms with Gasteiger partial charge in [-0.1, -0.05) is 25.4 Å². The molecule has 0 aliphatic heterocycles. The van der Waals surface area contributed by atoms with Gasteiger partial charge in [-0.15, -0.1) is 11.3 Å². The van der Waals surface area contributed by atoms with Crippen LogP contribution in [0.25, 0.3) is 11.3 Å². The van der Waals surface area contributed by atoms with Gasteiger partial charge in [0.2, 0.25) is 10.0 Å². The molecule has 1 N–H and O–H groups in total. The molecule has 170 valence electrons. The largest absolute Gasteiger partial charge is 0.352 e. The molecule has 2 aromatic heterocycles. The van der Waals surface area contributed by atoms with Crippen molar-refractivity contribution >= 4 is 38.9 Å². The molecule has 2 heterocycles. The lowest BCUT2D eigenvalue weighted by atomic mass is 10.2. The van der Waals surface area contributed by atoms with E-state index in [1.807, 2.05) is 17.5 Å². The molecule has 0 fully saturated rings. The average Bonchev–Trinajstić information content (AvgIpc) is 3.27. The maximum atomic E-state index is 12.7. The van der Waals surface area contributed by atoms with Crippen LogP contribution in [0.2, 0.25) is 5.02 Å². The van der Waals surface area contributed by atoms with Crippen LogP contribution in [0.5, 0.6) is 0 Å². The lowest BCUT2D eigenvalue weighted by Gasteiger charge is -2.19. The molecule has 0 spiro atoms. The van der Waals surface area contributed by atoms with Gasteiger partial charge in [-0.2, -0.15) is 4.31 Å². The molecule has 1 amide bonds. The molecule has 0 aliphatic carbocycles. The summed E-state index contributed by atoms with van der Waals surface area (Å²) in [4.78, 5) is 21.3. The molecule has 1 aromatic carbocycles. The fraction of sp³-hybridized carbons (Fsp3) is 0.318. The predicted molar refractivity (Wildman–Crippen MR) is 128 cm³/mol. The van der Waals surface area contributed by atoms with Gasteiger partial charge in [0.05, 0.1) is 26.2 Å². The zero-order chi connectivity index (χ0) is 23.1. The van der Waals surface area contributed by atoms with E-state index < -0.39 is 15.9 Å². The summed E-state index contributed by atoms with van der Waals surface area (Å²) in [5, 5.41) is 6.02. The maximum absolute atomic E-state index is 12.7. The van der Waals surface area contributed by atoms with Crippen LogP contribution in [0.4, 0.5) is 0 Å². The molecule has 3 aromatic rings. The summed E-state index contributed by atoms with van der Waals surface area (Å²) >= 11 is 7.75. The molecule has 10 heteroatoms. The van der Waals surface area contributed by atoms with E-state index in [1.165, 1.54) is 22.5 Å². The van der Waals surface area contributed by atoms with Gasteiger partial charge in [0.25, 0.3) is 5.91 Å². The molecule has 0 radical (unpaired) electrons. The summed E-state index contributed by atoms with van der Waals surface area (Å²) < 4.78 is 26.8. The van der Waals surface area contributed by atoms with Gasteiger partial charge in [0, 0.05) is 49.4 Å². The summed E-state index contributed by atoms with van der Waals surface area (Å²) in [6.45, 7) is 4.66. The quantitative estimate of drug-likeness (QED) is 0.427. The Balaban J connectivity index is 1.59. The second-order valence-corrected chi connectivity index (χ2v) is 10.2. The van der Waals surface area contributed by atoms with Crippen LogP contribution in [-0.2, 0) is 16.4 Å². The van der Waals surface area contributed by atoms with Crippen molar-refractivity contribution in [2.75, 3.05) is 19.6 Å². The Morgan fingerprint density at radius 3 is 2.56 bits per heavy atom. The van der Waals surface area contributed by atoms with Crippen LogP contribution in [0, 0.1) is 0 Å². The Morgan fingerprint density at radius 2 is 1.88 bits per heavy atom. The molecule has 0 aliphatic rings. The van der Waals surface area contributed by atoms with Crippen molar-refractivity contribution < 1.29 is 13.2 Å². The smallest absolute Gasteiger partial charge is 0.252 e. The van der Waals surface area contributed by atoms with E-state index >= 15 is 0 Å². The standard InChI is InChI=1S/C22H25ClN4O3S2/c1-3-27(4-2)32(29,30)17-7-8-19(23)18(14-17)22(28)25-11-5-6-21-26-20(15-31-21)16-9-12-24-13-10-16/h7-10,12-15H,3-6,11H2,1-2H3,(H,25,28). The van der Waals surface area contributed by atoms with Gasteiger partial charge in [0.15, 0.2) is 0 Å². The molecular formula is C22H25ClN4O3S2. The Kier molecular flexibility index (Phi) is 8.36. The number of benzene rings is 1. The Bertz CT molecular complexity index is 1160. The summed E-state index contributed by atoms with van der Waals surface area (Å²) in [5.41, 5.74) is 2.08. The number of nitrogens with zero attached hydrogens (tertiary/aromatic N) is 3. The highest BCUT2D eigenvalue weighted by Gasteiger charge is 2.23. The number of nitrogens with one attached hydrogen (secondary N) is 1. The topological polar surface area (TPSA) is 92.3 Å². The number of carbonyl (C=O) groups is 1. The van der Waals surface area contributed by atoms with E-state index in [-0.39, 0.29) is 15.5 Å². The van der Waals surface area contributed by atoms with E-state index in [4.69, 9.17) is 11.6 Å². The Labute approximate surface area is 197 Å². The number of aromatic nitrogens is 2. The van der Waals surface area contributed by atoms with Crippen LogP contribution >= 0.6 is 22.9 Å². The number of hydrogen-bond acceptors (Lipinski definition) is 6. The number of aryl methyl sites for hydroxylation is 1. The van der Waals surface area contributed by atoms with Crippen LogP contribution in [0.3, 0.4) is 0 Å². The summed E-state index contributed by atoms with van der Waals surface area (Å²) in [6, 6.07) is 8.04. The number of thiazole rings is 1. The Morgan fingerprint density at radius 1 is 1.16 bits per heavy atom. The number of amides is 1. The van der Waals surface area contributed by atoms with Gasteiger partial charge in [-0.25, -0.2) is 13.4 Å². The van der Waals surface area contributed by atoms with E-state index in [1.54, 1.807) is 37.6 Å². The van der Waals surface area contributed by atoms with Crippen LogP contribution in [-0.4, -0.2) is 48.2 Å². The maximum Gasteiger partial charge on any atom is 0.252 e. The normalized spacial score (nSPS) is 11.6. The van der Waals surface area contributed by atoms with Gasteiger partial charge in [0.1, 0.15) is 0 Å². The predicted octanol–water partition coefficient (Wildman–Crippen LogP) is 4.25. The fourth-order valence-corrected chi connectivity index (χ4v) is 5.71. The van der Waals surface area contributed by atoms with Gasteiger partial charge in [-0.05, 0) is 36.8 Å². The van der Waals surface area contributed by atoms with E-state index in [0.29, 0.717) is 26.1 Å². The third kappa shape index (κ3) is 5.72. The molecule has 0 unspecified atom stereocenters. The number of carbonyl (C=O) groups excluding carboxylic acids is 1. The zero-order valence-electron chi connectivity index (χ0n) is 17.9. The SMILES string of the molecule is CCN(CC)S(=O)(=O)c1ccc(Cl)c(C(=O)NCCCc2nc(-c3ccncc3)cs2)c1. The van der Waals surface area contributed by atoms with Crippen molar-refractivity contribution in [3.8, 4) is 11.3 Å². The Hall–Kier alpha value is -2.33. The minimum atomic E-state index is -3.67. The monoisotopic (exact) mass is 492 g/mol. The van der Waals surface area contributed by atoms with Crippen molar-refractivity contribution in [1.82, 2.24) is 19.6 Å². The number of rotatable bonds is 10. The van der Waals surface area contributed by atoms with E-state index in [2.05, 4.69) is 15.3 Å². The second-order valence-electron chi connectivity index (χ2n) is 6.95. The van der Waals surface area contributed by atoms with Crippen LogP contribution < -0.4 is 5.32 Å². The zero-order valence-corrected chi connectivity index (χ0v) is 20.3. The molecular weight excluding hydrogens is 468 g/mol. The number of sulfonamides is 1. The fourth-order valence-electron chi connectivity index (χ4n) is 3.17. The minimum absolute atomic E-state index is 0.0576. The lowest BCUT2D eigenvalue weighted by Crippen LogP contribution is -2.31. The van der Waals surface area contributed by atoms with Crippen molar-refractivity contribution in [2.24, 2.45) is 0 Å². The van der Waals surface area contributed by atoms with Crippen molar-refractivity contribution in [1.29, 1.82) is 0 Å². The number of halogens is 1. The first-order valence-corrected chi connectivity index (χ1v) is 13.0. The number of hydrogen-bond donors (Lipinski definition) is 1. The van der Waals surface area contributed by atoms with Gasteiger partial charge < -0.3 is 5.32 Å². The van der Waals surface area contributed by atoms with Crippen molar-refractivity contribution in [2.45, 2.75) is 31.6 Å². The highest BCUT2D eigenvalue weighted by atomic mass is 35.5. The third-order valence-corrected chi connectivity index (χ3v) is 8.19. The first kappa shape index (κ1) is 24.3. The molecule has 0 saturated carbocycles. The molecule has 32 heavy (non-hydrogen) atoms. The van der Waals surface area contributed by atoms with E-state index in [9.17, 15) is 13.2 Å². The van der Waals surface area contributed by atoms with Crippen LogP contribution in [0.15, 0.2) is 53.0 Å². The summed E-state index contributed by atoms with van der Waals surface area (Å²) in [6.07, 6.45) is 4.89. The molecule has 7 nitrogen and oxygen atoms in total. The molecule has 0 atom stereocenters. The summed E-state index contributed by atoms with van der Waals surface area (Å²) in [5.74, 6) is -0.400. The number of pyridine rings is 1. The van der Waals surface area contributed by atoms with Crippen molar-refractivity contribution in [3.05, 3.63) is 63.7 Å². The molecule has 3 rings (SSSR count). The summed E-state index contributed by atoms with van der Waals surface area (Å²) in [7, 11) is -3.67. The highest BCUT2D eigenvalue weighted by Crippen LogP contribution is 2.24.